The lowest BCUT2D eigenvalue weighted by Gasteiger charge is -1.93. The monoisotopic (exact) mass is 244 g/mol. The molecule has 2 nitrogen and oxygen atoms in total. The van der Waals surface area contributed by atoms with Gasteiger partial charge in [0.1, 0.15) is 5.01 Å². The van der Waals surface area contributed by atoms with Crippen molar-refractivity contribution in [2.45, 2.75) is 5.88 Å². The number of rotatable bonds is 2. The van der Waals surface area contributed by atoms with Gasteiger partial charge in [-0.2, -0.15) is 0 Å². The molecule has 0 aliphatic carbocycles. The summed E-state index contributed by atoms with van der Waals surface area (Å²) < 4.78 is 0. The molecule has 0 atom stereocenters. The average molecular weight is 245 g/mol. The maximum atomic E-state index is 5.73. The molecule has 0 N–H and O–H groups in total. The summed E-state index contributed by atoms with van der Waals surface area (Å²) >= 11 is 13.0. The van der Waals surface area contributed by atoms with E-state index in [4.69, 9.17) is 23.2 Å². The molecule has 14 heavy (non-hydrogen) atoms. The fourth-order valence-corrected chi connectivity index (χ4v) is 2.07. The number of hydrogen-bond acceptors (Lipinski definition) is 3. The summed E-state index contributed by atoms with van der Waals surface area (Å²) in [5, 5.41) is 1.50. The largest absolute Gasteiger partial charge is 0.252 e. The van der Waals surface area contributed by atoms with E-state index in [1.54, 1.807) is 29.8 Å². The quantitative estimate of drug-likeness (QED) is 0.755. The number of hydrogen-bond donors (Lipinski definition) is 0. The number of nitrogens with zero attached hydrogens (tertiary/aromatic N) is 2. The third kappa shape index (κ3) is 2.05. The Hall–Kier alpha value is -0.640. The van der Waals surface area contributed by atoms with Gasteiger partial charge in [0.05, 0.1) is 16.6 Å². The van der Waals surface area contributed by atoms with Crippen molar-refractivity contribution < 1.29 is 0 Å². The van der Waals surface area contributed by atoms with E-state index in [1.165, 1.54) is 0 Å². The van der Waals surface area contributed by atoms with Gasteiger partial charge >= 0.3 is 0 Å². The van der Waals surface area contributed by atoms with Crippen molar-refractivity contribution in [1.82, 2.24) is 9.97 Å². The van der Waals surface area contributed by atoms with Crippen LogP contribution >= 0.6 is 34.5 Å². The Morgan fingerprint density at radius 1 is 1.21 bits per heavy atom. The molecule has 2 heterocycles. The molecule has 72 valence electrons. The zero-order valence-electron chi connectivity index (χ0n) is 7.08. The molecular formula is C9H6Cl2N2S. The Labute approximate surface area is 95.5 Å². The Bertz CT molecular complexity index is 425. The van der Waals surface area contributed by atoms with Gasteiger partial charge in [-0.05, 0) is 12.1 Å². The summed E-state index contributed by atoms with van der Waals surface area (Å²) in [5.41, 5.74) is 0.829. The van der Waals surface area contributed by atoms with Crippen LogP contribution in [0.2, 0.25) is 5.02 Å². The van der Waals surface area contributed by atoms with Crippen LogP contribution in [-0.4, -0.2) is 9.97 Å². The molecule has 0 fully saturated rings. The van der Waals surface area contributed by atoms with E-state index in [-0.39, 0.29) is 0 Å². The second-order valence-electron chi connectivity index (χ2n) is 2.63. The normalized spacial score (nSPS) is 10.4. The van der Waals surface area contributed by atoms with Gasteiger partial charge in [-0.15, -0.1) is 22.9 Å². The van der Waals surface area contributed by atoms with Crippen LogP contribution < -0.4 is 0 Å². The molecule has 2 aromatic rings. The first kappa shape index (κ1) is 9.90. The van der Waals surface area contributed by atoms with Crippen molar-refractivity contribution in [2.24, 2.45) is 0 Å². The summed E-state index contributed by atoms with van der Waals surface area (Å²) in [6.07, 6.45) is 3.38. The molecule has 0 radical (unpaired) electrons. The van der Waals surface area contributed by atoms with Gasteiger partial charge in [-0.25, -0.2) is 4.98 Å². The van der Waals surface area contributed by atoms with Crippen molar-refractivity contribution in [2.75, 3.05) is 0 Å². The van der Waals surface area contributed by atoms with Gasteiger partial charge in [0.2, 0.25) is 0 Å². The summed E-state index contributed by atoms with van der Waals surface area (Å²) in [7, 11) is 0. The van der Waals surface area contributed by atoms with Gasteiger partial charge in [-0.3, -0.25) is 4.98 Å². The van der Waals surface area contributed by atoms with Gasteiger partial charge < -0.3 is 0 Å². The minimum Gasteiger partial charge on any atom is -0.252 e. The Morgan fingerprint density at radius 2 is 2.07 bits per heavy atom. The maximum absolute atomic E-state index is 5.73. The fraction of sp³-hybridized carbons (Fsp3) is 0.111. The van der Waals surface area contributed by atoms with E-state index < -0.39 is 0 Å². The highest BCUT2D eigenvalue weighted by Gasteiger charge is 2.04. The third-order valence-corrected chi connectivity index (χ3v) is 3.32. The van der Waals surface area contributed by atoms with Crippen LogP contribution in [0.5, 0.6) is 0 Å². The highest BCUT2D eigenvalue weighted by molar-refractivity contribution is 7.15. The van der Waals surface area contributed by atoms with Crippen LogP contribution in [0.3, 0.4) is 0 Å². The SMILES string of the molecule is ClCc1cnc(-c2ccc(Cl)cn2)s1. The lowest BCUT2D eigenvalue weighted by molar-refractivity contribution is 1.28. The molecule has 2 aromatic heterocycles. The number of halogens is 2. The first-order valence-electron chi connectivity index (χ1n) is 3.92. The van der Waals surface area contributed by atoms with Crippen LogP contribution in [0, 0.1) is 0 Å². The zero-order chi connectivity index (χ0) is 9.97. The topological polar surface area (TPSA) is 25.8 Å². The minimum absolute atomic E-state index is 0.491. The Morgan fingerprint density at radius 3 is 2.64 bits per heavy atom. The summed E-state index contributed by atoms with van der Waals surface area (Å²) in [4.78, 5) is 9.42. The van der Waals surface area contributed by atoms with Gasteiger partial charge in [0.15, 0.2) is 0 Å². The van der Waals surface area contributed by atoms with E-state index in [0.29, 0.717) is 10.9 Å². The molecule has 0 unspecified atom stereocenters. The van der Waals surface area contributed by atoms with Gasteiger partial charge in [0.25, 0.3) is 0 Å². The van der Waals surface area contributed by atoms with Crippen molar-refractivity contribution in [3.05, 3.63) is 34.4 Å². The van der Waals surface area contributed by atoms with Crippen molar-refractivity contribution in [1.29, 1.82) is 0 Å². The molecule has 0 bridgehead atoms. The highest BCUT2D eigenvalue weighted by Crippen LogP contribution is 2.24. The molecule has 0 saturated carbocycles. The van der Waals surface area contributed by atoms with Crippen molar-refractivity contribution >= 4 is 34.5 Å². The lowest BCUT2D eigenvalue weighted by Crippen LogP contribution is -1.79. The van der Waals surface area contributed by atoms with Crippen LogP contribution in [0.15, 0.2) is 24.5 Å². The standard InChI is InChI=1S/C9H6Cl2N2S/c10-3-7-5-13-9(14-7)8-2-1-6(11)4-12-8/h1-2,4-5H,3H2. The van der Waals surface area contributed by atoms with Gasteiger partial charge in [0, 0.05) is 17.3 Å². The minimum atomic E-state index is 0.491. The van der Waals surface area contributed by atoms with E-state index >= 15 is 0 Å². The predicted octanol–water partition coefficient (Wildman–Crippen LogP) is 3.60. The number of pyridine rings is 1. The van der Waals surface area contributed by atoms with E-state index in [0.717, 1.165) is 15.6 Å². The molecular weight excluding hydrogens is 239 g/mol. The molecule has 0 spiro atoms. The number of thiazole rings is 1. The number of alkyl halides is 1. The smallest absolute Gasteiger partial charge is 0.142 e. The molecule has 2 rings (SSSR count). The van der Waals surface area contributed by atoms with Crippen LogP contribution in [0.1, 0.15) is 4.88 Å². The average Bonchev–Trinajstić information content (AvgIpc) is 2.67. The molecule has 0 aromatic carbocycles. The summed E-state index contributed by atoms with van der Waals surface area (Å²) in [5.74, 6) is 0.491. The second kappa shape index (κ2) is 4.26. The molecule has 0 amide bonds. The second-order valence-corrected chi connectivity index (χ2v) is 4.45. The first-order valence-corrected chi connectivity index (χ1v) is 5.65. The van der Waals surface area contributed by atoms with E-state index in [2.05, 4.69) is 9.97 Å². The summed E-state index contributed by atoms with van der Waals surface area (Å²) in [6, 6.07) is 3.64. The van der Waals surface area contributed by atoms with E-state index in [9.17, 15) is 0 Å². The predicted molar refractivity (Wildman–Crippen MR) is 59.9 cm³/mol. The molecule has 5 heteroatoms. The number of aromatic nitrogens is 2. The fourth-order valence-electron chi connectivity index (χ4n) is 0.990. The highest BCUT2D eigenvalue weighted by atomic mass is 35.5. The van der Waals surface area contributed by atoms with E-state index in [1.807, 2.05) is 6.07 Å². The molecule has 0 aliphatic heterocycles. The van der Waals surface area contributed by atoms with Crippen LogP contribution in [0.25, 0.3) is 10.7 Å². The maximum Gasteiger partial charge on any atom is 0.142 e. The van der Waals surface area contributed by atoms with Gasteiger partial charge in [-0.1, -0.05) is 11.6 Å². The zero-order valence-corrected chi connectivity index (χ0v) is 9.40. The molecule has 0 aliphatic rings. The molecule has 0 saturated heterocycles. The first-order chi connectivity index (χ1) is 6.79. The van der Waals surface area contributed by atoms with Crippen molar-refractivity contribution in [3.63, 3.8) is 0 Å². The lowest BCUT2D eigenvalue weighted by atomic mass is 10.4. The van der Waals surface area contributed by atoms with Crippen molar-refractivity contribution in [3.8, 4) is 10.7 Å². The Balaban J connectivity index is 2.34. The van der Waals surface area contributed by atoms with Crippen LogP contribution in [-0.2, 0) is 5.88 Å². The Kier molecular flexibility index (Phi) is 3.01. The summed E-state index contributed by atoms with van der Waals surface area (Å²) in [6.45, 7) is 0. The third-order valence-electron chi connectivity index (χ3n) is 1.63. The van der Waals surface area contributed by atoms with Crippen LogP contribution in [0.4, 0.5) is 0 Å².